The lowest BCUT2D eigenvalue weighted by Gasteiger charge is -2.43. The van der Waals surface area contributed by atoms with Gasteiger partial charge in [0.1, 0.15) is 11.9 Å². The first kappa shape index (κ1) is 16.2. The molecule has 0 amide bonds. The molecule has 0 saturated heterocycles. The minimum atomic E-state index is -0.766. The Hall–Kier alpha value is -2.27. The van der Waals surface area contributed by atoms with Crippen molar-refractivity contribution in [3.63, 3.8) is 0 Å². The zero-order valence-corrected chi connectivity index (χ0v) is 14.8. The minimum Gasteiger partial charge on any atom is -0.507 e. The second-order valence-corrected chi connectivity index (χ2v) is 7.67. The lowest BCUT2D eigenvalue weighted by atomic mass is 9.60. The van der Waals surface area contributed by atoms with Crippen LogP contribution in [-0.4, -0.2) is 33.3 Å². The Morgan fingerprint density at radius 1 is 1.24 bits per heavy atom. The number of allylic oxidation sites excluding steroid dienone is 3. The number of phenolic OH excluding ortho intramolecular Hbond substituents is 2. The maximum Gasteiger partial charge on any atom is 0.190 e. The average Bonchev–Trinajstić information content (AvgIpc) is 2.94. The van der Waals surface area contributed by atoms with Gasteiger partial charge in [-0.15, -0.1) is 0 Å². The molecule has 1 heterocycles. The smallest absolute Gasteiger partial charge is 0.190 e. The largest absolute Gasteiger partial charge is 0.507 e. The Kier molecular flexibility index (Phi) is 3.17. The molecule has 25 heavy (non-hydrogen) atoms. The fraction of sp³-hybridized carbons (Fsp3) is 0.450. The number of hydrogen-bond donors (Lipinski definition) is 3. The number of carbonyl (C=O) groups excluding carboxylic acids is 1. The molecule has 132 valence electrons. The minimum absolute atomic E-state index is 0.0897. The normalized spacial score (nSPS) is 30.4. The number of ether oxygens (including phenoxy) is 1. The summed E-state index contributed by atoms with van der Waals surface area (Å²) in [4.78, 5) is 12.8. The fourth-order valence-corrected chi connectivity index (χ4v) is 4.61. The van der Waals surface area contributed by atoms with Crippen molar-refractivity contribution in [3.05, 3.63) is 39.5 Å². The van der Waals surface area contributed by atoms with Crippen LogP contribution in [0.3, 0.4) is 0 Å². The maximum absolute atomic E-state index is 12.8. The van der Waals surface area contributed by atoms with Crippen molar-refractivity contribution in [2.75, 3.05) is 0 Å². The predicted octanol–water partition coefficient (Wildman–Crippen LogP) is 2.90. The van der Waals surface area contributed by atoms with Gasteiger partial charge in [-0.25, -0.2) is 0 Å². The van der Waals surface area contributed by atoms with Crippen LogP contribution in [0.25, 0.3) is 0 Å². The van der Waals surface area contributed by atoms with Crippen molar-refractivity contribution in [1.82, 2.24) is 0 Å². The van der Waals surface area contributed by atoms with Gasteiger partial charge in [-0.2, -0.15) is 0 Å². The summed E-state index contributed by atoms with van der Waals surface area (Å²) in [5.74, 6) is -0.251. The van der Waals surface area contributed by atoms with Crippen LogP contribution in [0.5, 0.6) is 17.2 Å². The summed E-state index contributed by atoms with van der Waals surface area (Å²) in [7, 11) is 0. The molecule has 0 saturated carbocycles. The number of carbonyl (C=O) groups is 1. The van der Waals surface area contributed by atoms with Crippen LogP contribution in [0, 0.1) is 0 Å². The molecular weight excluding hydrogens is 320 g/mol. The van der Waals surface area contributed by atoms with Crippen molar-refractivity contribution in [3.8, 4) is 17.2 Å². The summed E-state index contributed by atoms with van der Waals surface area (Å²) in [6, 6.07) is 0. The van der Waals surface area contributed by atoms with Crippen LogP contribution >= 0.6 is 0 Å². The molecule has 0 unspecified atom stereocenters. The first-order valence-corrected chi connectivity index (χ1v) is 8.57. The Morgan fingerprint density at radius 2 is 1.92 bits per heavy atom. The Labute approximate surface area is 146 Å². The predicted molar refractivity (Wildman–Crippen MR) is 92.3 cm³/mol. The zero-order chi connectivity index (χ0) is 18.3. The van der Waals surface area contributed by atoms with Crippen LogP contribution in [0.2, 0.25) is 0 Å². The Morgan fingerprint density at radius 3 is 2.60 bits per heavy atom. The molecule has 5 heteroatoms. The molecule has 3 atom stereocenters. The van der Waals surface area contributed by atoms with E-state index in [1.54, 1.807) is 0 Å². The summed E-state index contributed by atoms with van der Waals surface area (Å²) >= 11 is 0. The monoisotopic (exact) mass is 342 g/mol. The number of ketones is 1. The first-order chi connectivity index (χ1) is 11.7. The Balaban J connectivity index is 2.07. The van der Waals surface area contributed by atoms with E-state index in [1.807, 2.05) is 27.7 Å². The lowest BCUT2D eigenvalue weighted by molar-refractivity contribution is 0.102. The SMILES string of the molecule is CC1=C(C)[C@H](O)C[C@@]2(C)C1=CC(=O)c1c(O)c3c(c(O)c12)O[C@@H](C)C3. The molecule has 0 spiro atoms. The standard InChI is InChI=1S/C20H22O5/c1-8-5-11-17(23)15-13(21)6-12-9(2)10(3)14(22)7-20(12,4)16(15)18(24)19(11)25-8/h6,8,14,22-24H,5,7H2,1-4H3/t8-,14+,20-/m0/s1. The molecule has 2 aliphatic carbocycles. The molecule has 5 nitrogen and oxygen atoms in total. The van der Waals surface area contributed by atoms with Gasteiger partial charge in [0, 0.05) is 23.0 Å². The number of aliphatic hydroxyl groups excluding tert-OH is 1. The molecule has 1 aromatic rings. The van der Waals surface area contributed by atoms with Crippen molar-refractivity contribution < 1.29 is 24.9 Å². The van der Waals surface area contributed by atoms with E-state index < -0.39 is 11.5 Å². The number of benzene rings is 1. The molecule has 3 N–H and O–H groups in total. The number of hydrogen-bond acceptors (Lipinski definition) is 5. The third-order valence-corrected chi connectivity index (χ3v) is 6.07. The fourth-order valence-electron chi connectivity index (χ4n) is 4.61. The number of rotatable bonds is 0. The molecule has 0 bridgehead atoms. The highest BCUT2D eigenvalue weighted by molar-refractivity contribution is 6.12. The molecule has 0 radical (unpaired) electrons. The van der Waals surface area contributed by atoms with Crippen LogP contribution in [-0.2, 0) is 11.8 Å². The summed E-state index contributed by atoms with van der Waals surface area (Å²) in [5.41, 5.74) is 2.69. The van der Waals surface area contributed by atoms with Gasteiger partial charge in [0.25, 0.3) is 0 Å². The van der Waals surface area contributed by atoms with Gasteiger partial charge in [0.15, 0.2) is 17.3 Å². The van der Waals surface area contributed by atoms with E-state index in [-0.39, 0.29) is 34.7 Å². The van der Waals surface area contributed by atoms with Crippen molar-refractivity contribution in [1.29, 1.82) is 0 Å². The van der Waals surface area contributed by atoms with Gasteiger partial charge in [0.2, 0.25) is 0 Å². The summed E-state index contributed by atoms with van der Waals surface area (Å²) in [6.45, 7) is 7.48. The molecule has 3 aliphatic rings. The van der Waals surface area contributed by atoms with Crippen molar-refractivity contribution >= 4 is 5.78 Å². The van der Waals surface area contributed by atoms with E-state index in [1.165, 1.54) is 6.08 Å². The molecule has 1 aromatic carbocycles. The number of fused-ring (bicyclic) bond motifs is 4. The van der Waals surface area contributed by atoms with Crippen LogP contribution in [0.4, 0.5) is 0 Å². The van der Waals surface area contributed by atoms with Gasteiger partial charge in [-0.1, -0.05) is 6.92 Å². The van der Waals surface area contributed by atoms with Gasteiger partial charge in [-0.05, 0) is 50.0 Å². The molecule has 0 fully saturated rings. The zero-order valence-electron chi connectivity index (χ0n) is 14.8. The van der Waals surface area contributed by atoms with Crippen molar-refractivity contribution in [2.24, 2.45) is 0 Å². The number of phenols is 2. The topological polar surface area (TPSA) is 87.0 Å². The molecule has 4 rings (SSSR count). The third kappa shape index (κ3) is 1.90. The van der Waals surface area contributed by atoms with Gasteiger partial charge < -0.3 is 20.1 Å². The molecule has 0 aromatic heterocycles. The number of aromatic hydroxyl groups is 2. The van der Waals surface area contributed by atoms with Crippen LogP contribution < -0.4 is 4.74 Å². The van der Waals surface area contributed by atoms with Gasteiger partial charge in [0.05, 0.1) is 11.7 Å². The van der Waals surface area contributed by atoms with E-state index in [2.05, 4.69) is 0 Å². The quantitative estimate of drug-likeness (QED) is 0.631. The average molecular weight is 342 g/mol. The van der Waals surface area contributed by atoms with Crippen LogP contribution in [0.15, 0.2) is 22.8 Å². The van der Waals surface area contributed by atoms with Gasteiger partial charge >= 0.3 is 0 Å². The highest BCUT2D eigenvalue weighted by atomic mass is 16.5. The van der Waals surface area contributed by atoms with Crippen molar-refractivity contribution in [2.45, 2.75) is 58.2 Å². The number of aliphatic hydroxyl groups is 1. The highest BCUT2D eigenvalue weighted by Gasteiger charge is 2.48. The van der Waals surface area contributed by atoms with E-state index in [0.29, 0.717) is 24.0 Å². The third-order valence-electron chi connectivity index (χ3n) is 6.07. The lowest BCUT2D eigenvalue weighted by Crippen LogP contribution is -2.39. The van der Waals surface area contributed by atoms with E-state index in [0.717, 1.165) is 16.7 Å². The van der Waals surface area contributed by atoms with Crippen LogP contribution in [0.1, 0.15) is 55.6 Å². The second-order valence-electron chi connectivity index (χ2n) is 7.67. The van der Waals surface area contributed by atoms with E-state index in [4.69, 9.17) is 4.74 Å². The van der Waals surface area contributed by atoms with E-state index in [9.17, 15) is 20.1 Å². The molecule has 1 aliphatic heterocycles. The summed E-state index contributed by atoms with van der Waals surface area (Å²) in [5, 5.41) is 32.2. The second kappa shape index (κ2) is 4.88. The van der Waals surface area contributed by atoms with Gasteiger partial charge in [-0.3, -0.25) is 4.79 Å². The molecular formula is C20H22O5. The summed E-state index contributed by atoms with van der Waals surface area (Å²) < 4.78 is 5.70. The Bertz CT molecular complexity index is 892. The summed E-state index contributed by atoms with van der Waals surface area (Å²) in [6.07, 6.45) is 1.48. The first-order valence-electron chi connectivity index (χ1n) is 8.57. The maximum atomic E-state index is 12.8. The van der Waals surface area contributed by atoms with E-state index >= 15 is 0 Å². The highest BCUT2D eigenvalue weighted by Crippen LogP contribution is 2.58.